The fourth-order valence-corrected chi connectivity index (χ4v) is 2.09. The lowest BCUT2D eigenvalue weighted by atomic mass is 10.1. The van der Waals surface area contributed by atoms with E-state index in [1.165, 1.54) is 0 Å². The average Bonchev–Trinajstić information content (AvgIpc) is 2.62. The lowest BCUT2D eigenvalue weighted by molar-refractivity contribution is -0.123. The highest BCUT2D eigenvalue weighted by molar-refractivity contribution is 5.81. The van der Waals surface area contributed by atoms with Gasteiger partial charge in [0.2, 0.25) is 5.91 Å². The zero-order chi connectivity index (χ0) is 16.5. The smallest absolute Gasteiger partial charge is 0.239 e. The first-order chi connectivity index (χ1) is 11.2. The SMILES string of the molecule is CNC(=O)[C@H](CO)NCc1ccc(COc2ccccc2)cc1. The van der Waals surface area contributed by atoms with Crippen molar-refractivity contribution in [3.05, 3.63) is 65.7 Å². The zero-order valence-electron chi connectivity index (χ0n) is 13.2. The summed E-state index contributed by atoms with van der Waals surface area (Å²) in [6.45, 7) is 0.788. The van der Waals surface area contributed by atoms with Crippen molar-refractivity contribution in [2.24, 2.45) is 0 Å². The first kappa shape index (κ1) is 17.0. The molecule has 2 aromatic carbocycles. The Bertz CT molecular complexity index is 599. The molecule has 0 saturated heterocycles. The maximum atomic E-state index is 11.5. The molecule has 0 unspecified atom stereocenters. The summed E-state index contributed by atoms with van der Waals surface area (Å²) in [6.07, 6.45) is 0. The number of rotatable bonds is 8. The molecule has 0 aliphatic heterocycles. The number of likely N-dealkylation sites (N-methyl/N-ethyl adjacent to an activating group) is 1. The second kappa shape index (κ2) is 8.92. The molecule has 3 N–H and O–H groups in total. The molecule has 0 aliphatic rings. The quantitative estimate of drug-likeness (QED) is 0.690. The third-order valence-electron chi connectivity index (χ3n) is 3.47. The highest BCUT2D eigenvalue weighted by Crippen LogP contribution is 2.12. The van der Waals surface area contributed by atoms with Crippen molar-refractivity contribution in [3.8, 4) is 5.75 Å². The summed E-state index contributed by atoms with van der Waals surface area (Å²) in [6, 6.07) is 17.0. The van der Waals surface area contributed by atoms with Crippen molar-refractivity contribution < 1.29 is 14.6 Å². The van der Waals surface area contributed by atoms with Gasteiger partial charge in [0.05, 0.1) is 6.61 Å². The third-order valence-corrected chi connectivity index (χ3v) is 3.47. The Labute approximate surface area is 136 Å². The van der Waals surface area contributed by atoms with E-state index in [1.807, 2.05) is 54.6 Å². The van der Waals surface area contributed by atoms with E-state index in [4.69, 9.17) is 4.74 Å². The summed E-state index contributed by atoms with van der Waals surface area (Å²) < 4.78 is 5.69. The van der Waals surface area contributed by atoms with Crippen LogP contribution in [0.3, 0.4) is 0 Å². The minimum Gasteiger partial charge on any atom is -0.489 e. The number of ether oxygens (including phenoxy) is 1. The monoisotopic (exact) mass is 314 g/mol. The second-order valence-corrected chi connectivity index (χ2v) is 5.15. The van der Waals surface area contributed by atoms with Crippen molar-refractivity contribution in [1.29, 1.82) is 0 Å². The van der Waals surface area contributed by atoms with Crippen LogP contribution in [0.15, 0.2) is 54.6 Å². The van der Waals surface area contributed by atoms with Gasteiger partial charge < -0.3 is 15.2 Å². The zero-order valence-corrected chi connectivity index (χ0v) is 13.2. The van der Waals surface area contributed by atoms with E-state index in [0.717, 1.165) is 16.9 Å². The number of carbonyl (C=O) groups excluding carboxylic acids is 1. The first-order valence-corrected chi connectivity index (χ1v) is 7.54. The number of hydrogen-bond donors (Lipinski definition) is 3. The molecule has 0 aromatic heterocycles. The van der Waals surface area contributed by atoms with Gasteiger partial charge >= 0.3 is 0 Å². The second-order valence-electron chi connectivity index (χ2n) is 5.15. The fraction of sp³-hybridized carbons (Fsp3) is 0.278. The number of aliphatic hydroxyl groups is 1. The maximum absolute atomic E-state index is 11.5. The molecular weight excluding hydrogens is 292 g/mol. The van der Waals surface area contributed by atoms with Crippen LogP contribution in [0.5, 0.6) is 5.75 Å². The number of benzene rings is 2. The van der Waals surface area contributed by atoms with E-state index in [1.54, 1.807) is 7.05 Å². The van der Waals surface area contributed by atoms with Gasteiger partial charge in [0.15, 0.2) is 0 Å². The van der Waals surface area contributed by atoms with Gasteiger partial charge in [-0.2, -0.15) is 0 Å². The summed E-state index contributed by atoms with van der Waals surface area (Å²) in [5.41, 5.74) is 2.11. The normalized spacial score (nSPS) is 11.7. The Morgan fingerprint density at radius 2 is 1.74 bits per heavy atom. The van der Waals surface area contributed by atoms with E-state index < -0.39 is 6.04 Å². The van der Waals surface area contributed by atoms with Gasteiger partial charge in [-0.3, -0.25) is 10.1 Å². The largest absolute Gasteiger partial charge is 0.489 e. The fourth-order valence-electron chi connectivity index (χ4n) is 2.09. The standard InChI is InChI=1S/C18H22N2O3/c1-19-18(22)17(12-21)20-11-14-7-9-15(10-8-14)13-23-16-5-3-2-4-6-16/h2-10,17,20-21H,11-13H2,1H3,(H,19,22)/t17-/m0/s1. The molecule has 0 aliphatic carbocycles. The summed E-state index contributed by atoms with van der Waals surface area (Å²) in [5.74, 6) is 0.620. The summed E-state index contributed by atoms with van der Waals surface area (Å²) >= 11 is 0. The van der Waals surface area contributed by atoms with Gasteiger partial charge in [0, 0.05) is 13.6 Å². The van der Waals surface area contributed by atoms with E-state index in [2.05, 4.69) is 10.6 Å². The molecular formula is C18H22N2O3. The highest BCUT2D eigenvalue weighted by Gasteiger charge is 2.14. The van der Waals surface area contributed by atoms with Gasteiger partial charge in [-0.15, -0.1) is 0 Å². The van der Waals surface area contributed by atoms with E-state index >= 15 is 0 Å². The Morgan fingerprint density at radius 3 is 2.35 bits per heavy atom. The van der Waals surface area contributed by atoms with Crippen LogP contribution in [-0.2, 0) is 17.9 Å². The molecule has 0 saturated carbocycles. The van der Waals surface area contributed by atoms with Crippen LogP contribution in [-0.4, -0.2) is 30.7 Å². The predicted molar refractivity (Wildman–Crippen MR) is 89.0 cm³/mol. The minimum atomic E-state index is -0.596. The molecule has 1 atom stereocenters. The van der Waals surface area contributed by atoms with Crippen molar-refractivity contribution in [1.82, 2.24) is 10.6 Å². The molecule has 0 heterocycles. The van der Waals surface area contributed by atoms with E-state index in [0.29, 0.717) is 13.2 Å². The van der Waals surface area contributed by atoms with Gasteiger partial charge in [0.25, 0.3) is 0 Å². The van der Waals surface area contributed by atoms with Gasteiger partial charge in [-0.05, 0) is 23.3 Å². The number of aliphatic hydroxyl groups excluding tert-OH is 1. The molecule has 0 radical (unpaired) electrons. The number of carbonyl (C=O) groups is 1. The predicted octanol–water partition coefficient (Wildman–Crippen LogP) is 1.46. The van der Waals surface area contributed by atoms with Crippen LogP contribution in [0, 0.1) is 0 Å². The maximum Gasteiger partial charge on any atom is 0.239 e. The van der Waals surface area contributed by atoms with Gasteiger partial charge in [-0.1, -0.05) is 42.5 Å². The highest BCUT2D eigenvalue weighted by atomic mass is 16.5. The molecule has 0 spiro atoms. The van der Waals surface area contributed by atoms with Crippen LogP contribution < -0.4 is 15.4 Å². The summed E-state index contributed by atoms with van der Waals surface area (Å²) in [5, 5.41) is 14.7. The van der Waals surface area contributed by atoms with Crippen molar-refractivity contribution in [3.63, 3.8) is 0 Å². The van der Waals surface area contributed by atoms with Crippen LogP contribution in [0.4, 0.5) is 0 Å². The molecule has 122 valence electrons. The molecule has 5 nitrogen and oxygen atoms in total. The molecule has 0 bridgehead atoms. The van der Waals surface area contributed by atoms with Crippen molar-refractivity contribution >= 4 is 5.91 Å². The molecule has 2 aromatic rings. The number of nitrogens with one attached hydrogen (secondary N) is 2. The number of amides is 1. The van der Waals surface area contributed by atoms with Crippen LogP contribution >= 0.6 is 0 Å². The molecule has 5 heteroatoms. The average molecular weight is 314 g/mol. The topological polar surface area (TPSA) is 70.6 Å². The van der Waals surface area contributed by atoms with Crippen molar-refractivity contribution in [2.75, 3.05) is 13.7 Å². The number of para-hydroxylation sites is 1. The van der Waals surface area contributed by atoms with Crippen molar-refractivity contribution in [2.45, 2.75) is 19.2 Å². The van der Waals surface area contributed by atoms with E-state index in [9.17, 15) is 9.90 Å². The molecule has 23 heavy (non-hydrogen) atoms. The molecule has 0 fully saturated rings. The number of hydrogen-bond acceptors (Lipinski definition) is 4. The lowest BCUT2D eigenvalue weighted by Crippen LogP contribution is -2.44. The Hall–Kier alpha value is -2.37. The van der Waals surface area contributed by atoms with Gasteiger partial charge in [-0.25, -0.2) is 0 Å². The first-order valence-electron chi connectivity index (χ1n) is 7.54. The Balaban J connectivity index is 1.83. The molecule has 2 rings (SSSR count). The van der Waals surface area contributed by atoms with E-state index in [-0.39, 0.29) is 12.5 Å². The Morgan fingerprint density at radius 1 is 1.09 bits per heavy atom. The summed E-state index contributed by atoms with van der Waals surface area (Å²) in [4.78, 5) is 11.5. The molecule has 1 amide bonds. The van der Waals surface area contributed by atoms with Gasteiger partial charge in [0.1, 0.15) is 18.4 Å². The lowest BCUT2D eigenvalue weighted by Gasteiger charge is -2.14. The summed E-state index contributed by atoms with van der Waals surface area (Å²) in [7, 11) is 1.55. The van der Waals surface area contributed by atoms with Crippen LogP contribution in [0.25, 0.3) is 0 Å². The van der Waals surface area contributed by atoms with Crippen LogP contribution in [0.1, 0.15) is 11.1 Å². The van der Waals surface area contributed by atoms with Crippen LogP contribution in [0.2, 0.25) is 0 Å². The Kier molecular flexibility index (Phi) is 6.59. The third kappa shape index (κ3) is 5.39. The minimum absolute atomic E-state index is 0.222.